The summed E-state index contributed by atoms with van der Waals surface area (Å²) in [7, 11) is 1.66. The number of piperazine rings is 1. The molecule has 4 N–H and O–H groups in total. The van der Waals surface area contributed by atoms with Crippen LogP contribution in [-0.4, -0.2) is 58.5 Å². The summed E-state index contributed by atoms with van der Waals surface area (Å²) in [6, 6.07) is 14.4. The van der Waals surface area contributed by atoms with Crippen LogP contribution >= 0.6 is 0 Å². The zero-order valence-corrected chi connectivity index (χ0v) is 18.7. The molecule has 170 valence electrons. The summed E-state index contributed by atoms with van der Waals surface area (Å²) < 4.78 is 1.45. The summed E-state index contributed by atoms with van der Waals surface area (Å²) in [6.07, 6.45) is 1.43. The van der Waals surface area contributed by atoms with Crippen LogP contribution < -0.4 is 16.0 Å². The van der Waals surface area contributed by atoms with Crippen LogP contribution in [0.3, 0.4) is 0 Å². The van der Waals surface area contributed by atoms with Gasteiger partial charge in [-0.15, -0.1) is 0 Å². The zero-order chi connectivity index (χ0) is 23.4. The number of hydrogen-bond donors (Lipinski definition) is 4. The lowest BCUT2D eigenvalue weighted by Gasteiger charge is -2.29. The second-order valence-electron chi connectivity index (χ2n) is 7.97. The van der Waals surface area contributed by atoms with Gasteiger partial charge in [0.1, 0.15) is 17.2 Å². The summed E-state index contributed by atoms with van der Waals surface area (Å²) in [6.45, 7) is 5.26. The van der Waals surface area contributed by atoms with Crippen molar-refractivity contribution in [3.63, 3.8) is 0 Å². The molecule has 2 heterocycles. The van der Waals surface area contributed by atoms with Gasteiger partial charge in [-0.3, -0.25) is 19.7 Å². The van der Waals surface area contributed by atoms with Crippen LogP contribution in [0.25, 0.3) is 0 Å². The van der Waals surface area contributed by atoms with Gasteiger partial charge in [0.2, 0.25) is 0 Å². The maximum Gasteiger partial charge on any atom is 0.261 e. The lowest BCUT2D eigenvalue weighted by atomic mass is 10.1. The lowest BCUT2D eigenvalue weighted by Crippen LogP contribution is -2.46. The Kier molecular flexibility index (Phi) is 6.50. The molecule has 0 unspecified atom stereocenters. The minimum absolute atomic E-state index is 0.267. The molecule has 1 saturated heterocycles. The van der Waals surface area contributed by atoms with Gasteiger partial charge in [0.25, 0.3) is 11.8 Å². The van der Waals surface area contributed by atoms with Gasteiger partial charge in [-0.25, -0.2) is 0 Å². The zero-order valence-electron chi connectivity index (χ0n) is 18.7. The first-order chi connectivity index (χ1) is 15.9. The van der Waals surface area contributed by atoms with E-state index >= 15 is 0 Å². The summed E-state index contributed by atoms with van der Waals surface area (Å²) in [5.41, 5.74) is 3.21. The molecule has 0 radical (unpaired) electrons. The van der Waals surface area contributed by atoms with E-state index in [2.05, 4.69) is 21.0 Å². The van der Waals surface area contributed by atoms with E-state index in [4.69, 9.17) is 5.41 Å². The first-order valence-corrected chi connectivity index (χ1v) is 10.8. The summed E-state index contributed by atoms with van der Waals surface area (Å²) >= 11 is 0. The largest absolute Gasteiger partial charge is 0.354 e. The number of amidine groups is 1. The normalized spacial score (nSPS) is 13.5. The Hall–Kier alpha value is -3.98. The van der Waals surface area contributed by atoms with Gasteiger partial charge in [-0.1, -0.05) is 29.8 Å². The SMILES string of the molecule is Cc1ccc(NC(=O)c2cnn(C)c2NC(=O)c2ccc(C(=N)N3CCNCC3)cc2)cc1. The summed E-state index contributed by atoms with van der Waals surface area (Å²) in [5, 5.41) is 21.4. The Balaban J connectivity index is 1.45. The maximum absolute atomic E-state index is 12.9. The molecular formula is C24H27N7O2. The molecule has 0 atom stereocenters. The van der Waals surface area contributed by atoms with E-state index in [1.165, 1.54) is 10.9 Å². The molecule has 1 fully saturated rings. The number of anilines is 2. The molecule has 2 amide bonds. The lowest BCUT2D eigenvalue weighted by molar-refractivity contribution is 0.102. The van der Waals surface area contributed by atoms with Crippen molar-refractivity contribution in [1.29, 1.82) is 5.41 Å². The van der Waals surface area contributed by atoms with Crippen molar-refractivity contribution in [3.05, 3.63) is 77.0 Å². The highest BCUT2D eigenvalue weighted by atomic mass is 16.2. The number of aromatic nitrogens is 2. The molecule has 0 spiro atoms. The molecule has 1 aliphatic heterocycles. The van der Waals surface area contributed by atoms with Gasteiger partial charge >= 0.3 is 0 Å². The number of carbonyl (C=O) groups is 2. The molecule has 4 rings (SSSR count). The molecular weight excluding hydrogens is 418 g/mol. The minimum atomic E-state index is -0.359. The number of nitrogens with one attached hydrogen (secondary N) is 4. The number of benzene rings is 2. The predicted octanol–water partition coefficient (Wildman–Crippen LogP) is 2.46. The Labute approximate surface area is 192 Å². The van der Waals surface area contributed by atoms with Crippen LogP contribution in [0.4, 0.5) is 11.5 Å². The number of aryl methyl sites for hydroxylation is 2. The predicted molar refractivity (Wildman–Crippen MR) is 128 cm³/mol. The number of carbonyl (C=O) groups excluding carboxylic acids is 2. The average Bonchev–Trinajstić information content (AvgIpc) is 3.20. The summed E-state index contributed by atoms with van der Waals surface area (Å²) in [4.78, 5) is 27.6. The quantitative estimate of drug-likeness (QED) is 0.356. The van der Waals surface area contributed by atoms with Crippen molar-refractivity contribution < 1.29 is 9.59 Å². The second kappa shape index (κ2) is 9.66. The Bertz CT molecular complexity index is 1160. The molecule has 2 aromatic carbocycles. The van der Waals surface area contributed by atoms with E-state index in [1.807, 2.05) is 36.1 Å². The van der Waals surface area contributed by atoms with Gasteiger partial charge < -0.3 is 20.9 Å². The van der Waals surface area contributed by atoms with Gasteiger partial charge in [-0.2, -0.15) is 5.10 Å². The number of nitrogens with zero attached hydrogens (tertiary/aromatic N) is 3. The van der Waals surface area contributed by atoms with Crippen molar-refractivity contribution >= 4 is 29.2 Å². The van der Waals surface area contributed by atoms with E-state index in [9.17, 15) is 9.59 Å². The van der Waals surface area contributed by atoms with Gasteiger partial charge in [0.15, 0.2) is 0 Å². The standard InChI is InChI=1S/C24H27N7O2/c1-16-3-9-19(10-4-16)28-24(33)20-15-27-30(2)22(20)29-23(32)18-7-5-17(6-8-18)21(25)31-13-11-26-12-14-31/h3-10,15,25-26H,11-14H2,1-2H3,(H,28,33)(H,29,32). The van der Waals surface area contributed by atoms with E-state index < -0.39 is 0 Å². The van der Waals surface area contributed by atoms with Crippen molar-refractivity contribution in [2.75, 3.05) is 36.8 Å². The van der Waals surface area contributed by atoms with Crippen molar-refractivity contribution in [1.82, 2.24) is 20.0 Å². The van der Waals surface area contributed by atoms with Crippen LogP contribution in [0.1, 0.15) is 31.8 Å². The Morgan fingerprint density at radius 2 is 1.58 bits per heavy atom. The topological polar surface area (TPSA) is 115 Å². The van der Waals surface area contributed by atoms with E-state index in [-0.39, 0.29) is 17.4 Å². The van der Waals surface area contributed by atoms with Crippen LogP contribution in [0.5, 0.6) is 0 Å². The van der Waals surface area contributed by atoms with Crippen LogP contribution in [-0.2, 0) is 7.05 Å². The second-order valence-corrected chi connectivity index (χ2v) is 7.97. The number of hydrogen-bond acceptors (Lipinski definition) is 5. The average molecular weight is 446 g/mol. The smallest absolute Gasteiger partial charge is 0.261 e. The fourth-order valence-corrected chi connectivity index (χ4v) is 3.62. The van der Waals surface area contributed by atoms with Crippen LogP contribution in [0.15, 0.2) is 54.7 Å². The summed E-state index contributed by atoms with van der Waals surface area (Å²) in [5.74, 6) is 0.0395. The molecule has 1 aliphatic rings. The van der Waals surface area contributed by atoms with Crippen molar-refractivity contribution in [2.24, 2.45) is 7.05 Å². The van der Waals surface area contributed by atoms with Crippen molar-refractivity contribution in [2.45, 2.75) is 6.92 Å². The minimum Gasteiger partial charge on any atom is -0.354 e. The first-order valence-electron chi connectivity index (χ1n) is 10.8. The van der Waals surface area contributed by atoms with Crippen LogP contribution in [0.2, 0.25) is 0 Å². The third-order valence-electron chi connectivity index (χ3n) is 5.58. The first kappa shape index (κ1) is 22.2. The highest BCUT2D eigenvalue weighted by molar-refractivity contribution is 6.12. The fourth-order valence-electron chi connectivity index (χ4n) is 3.62. The van der Waals surface area contributed by atoms with E-state index in [1.54, 1.807) is 31.3 Å². The number of rotatable bonds is 5. The molecule has 9 heteroatoms. The van der Waals surface area contributed by atoms with Gasteiger partial charge in [0, 0.05) is 50.0 Å². The molecule has 0 aliphatic carbocycles. The van der Waals surface area contributed by atoms with E-state index in [0.717, 1.165) is 37.3 Å². The number of amides is 2. The fraction of sp³-hybridized carbons (Fsp3) is 0.250. The molecule has 0 saturated carbocycles. The van der Waals surface area contributed by atoms with Crippen LogP contribution in [0, 0.1) is 12.3 Å². The maximum atomic E-state index is 12.9. The van der Waals surface area contributed by atoms with E-state index in [0.29, 0.717) is 22.9 Å². The van der Waals surface area contributed by atoms with Crippen molar-refractivity contribution in [3.8, 4) is 0 Å². The molecule has 3 aromatic rings. The monoisotopic (exact) mass is 445 g/mol. The third kappa shape index (κ3) is 5.09. The molecule has 0 bridgehead atoms. The highest BCUT2D eigenvalue weighted by Gasteiger charge is 2.20. The van der Waals surface area contributed by atoms with Gasteiger partial charge in [0.05, 0.1) is 6.20 Å². The third-order valence-corrected chi connectivity index (χ3v) is 5.58. The Morgan fingerprint density at radius 3 is 2.24 bits per heavy atom. The molecule has 33 heavy (non-hydrogen) atoms. The highest BCUT2D eigenvalue weighted by Crippen LogP contribution is 2.19. The molecule has 1 aromatic heterocycles. The molecule has 9 nitrogen and oxygen atoms in total. The van der Waals surface area contributed by atoms with Gasteiger partial charge in [-0.05, 0) is 31.2 Å². The Morgan fingerprint density at radius 1 is 0.939 bits per heavy atom.